The quantitative estimate of drug-likeness (QED) is 0.628. The van der Waals surface area contributed by atoms with E-state index in [4.69, 9.17) is 0 Å². The molecule has 0 aromatic rings. The molecule has 2 unspecified atom stereocenters. The average Bonchev–Trinajstić information content (AvgIpc) is 2.01. The van der Waals surface area contributed by atoms with Crippen LogP contribution in [0.2, 0.25) is 0 Å². The van der Waals surface area contributed by atoms with Crippen LogP contribution in [-0.4, -0.2) is 31.4 Å². The fourth-order valence-corrected chi connectivity index (χ4v) is 0.736. The number of hydrogen-bond acceptors (Lipinski definition) is 0. The van der Waals surface area contributed by atoms with Crippen LogP contribution >= 0.6 is 0 Å². The van der Waals surface area contributed by atoms with E-state index in [-0.39, 0.29) is 0 Å². The Labute approximate surface area is 69.7 Å². The van der Waals surface area contributed by atoms with Crippen molar-refractivity contribution < 1.29 is 30.7 Å². The summed E-state index contributed by atoms with van der Waals surface area (Å²) in [6, 6.07) is 0. The smallest absolute Gasteiger partial charge is 0.251 e. The minimum absolute atomic E-state index is 1.70. The van der Waals surface area contributed by atoms with E-state index >= 15 is 0 Å². The zero-order chi connectivity index (χ0) is 10.7. The lowest BCUT2D eigenvalue weighted by Gasteiger charge is -2.28. The molecule has 0 aliphatic carbocycles. The molecule has 0 nitrogen and oxygen atoms in total. The van der Waals surface area contributed by atoms with Crippen molar-refractivity contribution in [3.8, 4) is 0 Å². The van der Waals surface area contributed by atoms with Gasteiger partial charge in [-0.15, -0.1) is 0 Å². The van der Waals surface area contributed by atoms with Crippen LogP contribution in [0, 0.1) is 0 Å². The molecule has 0 aliphatic rings. The van der Waals surface area contributed by atoms with Crippen LogP contribution in [0.1, 0.15) is 6.42 Å². The zero-order valence-electron chi connectivity index (χ0n) is 6.34. The Bertz CT molecular complexity index is 154. The van der Waals surface area contributed by atoms with Gasteiger partial charge in [0.15, 0.2) is 6.17 Å². The molecule has 13 heavy (non-hydrogen) atoms. The molecule has 0 rings (SSSR count). The van der Waals surface area contributed by atoms with Gasteiger partial charge in [0.2, 0.25) is 5.67 Å². The second-order valence-electron chi connectivity index (χ2n) is 2.42. The SMILES string of the molecule is FCCC(F)(C(F)CF)C(F)(F)F. The van der Waals surface area contributed by atoms with Crippen molar-refractivity contribution in [3.63, 3.8) is 0 Å². The molecular formula is C6H7F7. The summed E-state index contributed by atoms with van der Waals surface area (Å²) >= 11 is 0. The van der Waals surface area contributed by atoms with Gasteiger partial charge in [-0.25, -0.2) is 13.2 Å². The third-order valence-corrected chi connectivity index (χ3v) is 1.56. The molecule has 0 aromatic carbocycles. The first-order chi connectivity index (χ1) is 5.79. The van der Waals surface area contributed by atoms with E-state index in [2.05, 4.69) is 0 Å². The van der Waals surface area contributed by atoms with Crippen LogP contribution in [0.3, 0.4) is 0 Å². The normalized spacial score (nSPS) is 19.6. The van der Waals surface area contributed by atoms with E-state index in [1.54, 1.807) is 0 Å². The maximum atomic E-state index is 12.7. The predicted octanol–water partition coefficient (Wildman–Crippen LogP) is 2.92. The molecular weight excluding hydrogens is 205 g/mol. The monoisotopic (exact) mass is 212 g/mol. The number of halogens is 7. The van der Waals surface area contributed by atoms with Gasteiger partial charge in [0, 0.05) is 6.42 Å². The summed E-state index contributed by atoms with van der Waals surface area (Å²) in [6.45, 7) is -3.83. The highest BCUT2D eigenvalue weighted by atomic mass is 19.4. The Kier molecular flexibility index (Phi) is 3.99. The van der Waals surface area contributed by atoms with E-state index in [0.29, 0.717) is 0 Å². The molecule has 80 valence electrons. The van der Waals surface area contributed by atoms with E-state index in [9.17, 15) is 30.7 Å². The van der Waals surface area contributed by atoms with Crippen LogP contribution in [0.15, 0.2) is 0 Å². The highest BCUT2D eigenvalue weighted by Crippen LogP contribution is 2.41. The average molecular weight is 212 g/mol. The molecule has 0 amide bonds. The van der Waals surface area contributed by atoms with Crippen LogP contribution in [0.4, 0.5) is 30.7 Å². The Balaban J connectivity index is 4.72. The Morgan fingerprint density at radius 1 is 1.00 bits per heavy atom. The molecule has 0 aromatic heterocycles. The standard InChI is InChI=1S/C6H7F7/c7-2-1-5(10,4(9)3-8)6(11,12)13/h4H,1-3H2. The molecule has 0 heterocycles. The van der Waals surface area contributed by atoms with E-state index < -0.39 is 37.8 Å². The topological polar surface area (TPSA) is 0 Å². The van der Waals surface area contributed by atoms with Crippen molar-refractivity contribution in [3.05, 3.63) is 0 Å². The lowest BCUT2D eigenvalue weighted by Crippen LogP contribution is -2.50. The van der Waals surface area contributed by atoms with Crippen LogP contribution in [0.5, 0.6) is 0 Å². The number of hydrogen-bond donors (Lipinski definition) is 0. The lowest BCUT2D eigenvalue weighted by atomic mass is 9.96. The molecule has 0 saturated heterocycles. The van der Waals surface area contributed by atoms with Crippen LogP contribution < -0.4 is 0 Å². The minimum Gasteiger partial charge on any atom is -0.251 e. The van der Waals surface area contributed by atoms with Crippen molar-refractivity contribution in [2.45, 2.75) is 24.4 Å². The molecule has 0 radical (unpaired) electrons. The molecule has 0 spiro atoms. The number of rotatable bonds is 4. The third kappa shape index (κ3) is 2.47. The van der Waals surface area contributed by atoms with Gasteiger partial charge in [-0.3, -0.25) is 4.39 Å². The molecule has 2 atom stereocenters. The molecule has 0 N–H and O–H groups in total. The fraction of sp³-hybridized carbons (Fsp3) is 1.00. The summed E-state index contributed by atoms with van der Waals surface area (Å²) < 4.78 is 83.3. The van der Waals surface area contributed by atoms with Crippen molar-refractivity contribution in [1.82, 2.24) is 0 Å². The van der Waals surface area contributed by atoms with Gasteiger partial charge in [0.25, 0.3) is 0 Å². The summed E-state index contributed by atoms with van der Waals surface area (Å²) in [6.07, 6.45) is -10.7. The first kappa shape index (κ1) is 12.5. The predicted molar refractivity (Wildman–Crippen MR) is 31.4 cm³/mol. The highest BCUT2D eigenvalue weighted by Gasteiger charge is 2.61. The first-order valence-electron chi connectivity index (χ1n) is 3.31. The highest BCUT2D eigenvalue weighted by molar-refractivity contribution is 4.94. The summed E-state index contributed by atoms with van der Waals surface area (Å²) in [4.78, 5) is 0. The summed E-state index contributed by atoms with van der Waals surface area (Å²) in [5.41, 5.74) is -4.42. The Morgan fingerprint density at radius 3 is 1.69 bits per heavy atom. The largest absolute Gasteiger partial charge is 0.425 e. The first-order valence-corrected chi connectivity index (χ1v) is 3.31. The van der Waals surface area contributed by atoms with Gasteiger partial charge in [0.05, 0.1) is 6.67 Å². The second kappa shape index (κ2) is 4.15. The molecule has 0 fully saturated rings. The van der Waals surface area contributed by atoms with Crippen LogP contribution in [-0.2, 0) is 0 Å². The zero-order valence-corrected chi connectivity index (χ0v) is 6.34. The van der Waals surface area contributed by atoms with Gasteiger partial charge in [-0.1, -0.05) is 0 Å². The second-order valence-corrected chi connectivity index (χ2v) is 2.42. The molecule has 0 saturated carbocycles. The summed E-state index contributed by atoms with van der Waals surface area (Å²) in [5.74, 6) is 0. The fourth-order valence-electron chi connectivity index (χ4n) is 0.736. The van der Waals surface area contributed by atoms with Gasteiger partial charge in [-0.2, -0.15) is 13.2 Å². The minimum atomic E-state index is -5.59. The van der Waals surface area contributed by atoms with Crippen molar-refractivity contribution in [2.75, 3.05) is 13.3 Å². The summed E-state index contributed by atoms with van der Waals surface area (Å²) in [5, 5.41) is 0. The summed E-state index contributed by atoms with van der Waals surface area (Å²) in [7, 11) is 0. The van der Waals surface area contributed by atoms with E-state index in [1.165, 1.54) is 0 Å². The molecule has 7 heteroatoms. The van der Waals surface area contributed by atoms with E-state index in [1.807, 2.05) is 0 Å². The van der Waals surface area contributed by atoms with Crippen molar-refractivity contribution in [1.29, 1.82) is 0 Å². The Hall–Kier alpha value is -0.490. The van der Waals surface area contributed by atoms with Gasteiger partial charge >= 0.3 is 6.18 Å². The molecule has 0 aliphatic heterocycles. The van der Waals surface area contributed by atoms with Crippen molar-refractivity contribution in [2.24, 2.45) is 0 Å². The maximum absolute atomic E-state index is 12.7. The molecule has 0 bridgehead atoms. The van der Waals surface area contributed by atoms with Gasteiger partial charge in [-0.05, 0) is 0 Å². The van der Waals surface area contributed by atoms with Gasteiger partial charge in [0.1, 0.15) is 6.67 Å². The van der Waals surface area contributed by atoms with Crippen molar-refractivity contribution >= 4 is 0 Å². The maximum Gasteiger partial charge on any atom is 0.425 e. The van der Waals surface area contributed by atoms with Gasteiger partial charge < -0.3 is 0 Å². The van der Waals surface area contributed by atoms with E-state index in [0.717, 1.165) is 0 Å². The third-order valence-electron chi connectivity index (χ3n) is 1.56. The lowest BCUT2D eigenvalue weighted by molar-refractivity contribution is -0.254. The van der Waals surface area contributed by atoms with Crippen LogP contribution in [0.25, 0.3) is 0 Å². The Morgan fingerprint density at radius 2 is 1.46 bits per heavy atom. The number of alkyl halides is 7.